The summed E-state index contributed by atoms with van der Waals surface area (Å²) in [6.45, 7) is 17.6. The second kappa shape index (κ2) is 4.26. The van der Waals surface area contributed by atoms with E-state index in [9.17, 15) is 0 Å². The van der Waals surface area contributed by atoms with Gasteiger partial charge in [-0.1, -0.05) is 54.2 Å². The normalized spacial score (nSPS) is 12.9. The maximum Gasteiger partial charge on any atom is 0.0525 e. The van der Waals surface area contributed by atoms with Crippen molar-refractivity contribution in [3.63, 3.8) is 0 Å². The molecule has 0 aliphatic carbocycles. The molecular formula is C18H25N. The highest BCUT2D eigenvalue weighted by Crippen LogP contribution is 2.33. The molecule has 0 aliphatic heterocycles. The smallest absolute Gasteiger partial charge is 0.0525 e. The number of hydrogen-bond donors (Lipinski definition) is 0. The monoisotopic (exact) mass is 255 g/mol. The number of aromatic nitrogens is 1. The predicted molar refractivity (Wildman–Crippen MR) is 85.4 cm³/mol. The quantitative estimate of drug-likeness (QED) is 0.638. The number of benzene rings is 1. The van der Waals surface area contributed by atoms with Crippen LogP contribution in [-0.4, -0.2) is 4.57 Å². The highest BCUT2D eigenvalue weighted by Gasteiger charge is 2.19. The maximum atomic E-state index is 4.25. The van der Waals surface area contributed by atoms with Gasteiger partial charge < -0.3 is 4.57 Å². The van der Waals surface area contributed by atoms with Crippen molar-refractivity contribution < 1.29 is 0 Å². The maximum absolute atomic E-state index is 4.25. The van der Waals surface area contributed by atoms with Gasteiger partial charge >= 0.3 is 0 Å². The van der Waals surface area contributed by atoms with Crippen molar-refractivity contribution in [1.82, 2.24) is 4.57 Å². The summed E-state index contributed by atoms with van der Waals surface area (Å²) in [7, 11) is 0. The van der Waals surface area contributed by atoms with Crippen LogP contribution in [-0.2, 0) is 5.41 Å². The summed E-state index contributed by atoms with van der Waals surface area (Å²) >= 11 is 0. The van der Waals surface area contributed by atoms with Crippen LogP contribution in [0.5, 0.6) is 0 Å². The van der Waals surface area contributed by atoms with Gasteiger partial charge in [0.25, 0.3) is 0 Å². The Morgan fingerprint density at radius 1 is 1.00 bits per heavy atom. The Bertz CT molecular complexity index is 615. The summed E-state index contributed by atoms with van der Waals surface area (Å²) in [5.74, 6) is 0. The fourth-order valence-electron chi connectivity index (χ4n) is 2.21. The summed E-state index contributed by atoms with van der Waals surface area (Å²) in [6.07, 6.45) is 2.13. The molecule has 0 N–H and O–H groups in total. The van der Waals surface area contributed by atoms with Crippen molar-refractivity contribution in [2.24, 2.45) is 5.41 Å². The molecular weight excluding hydrogens is 230 g/mol. The molecule has 0 fully saturated rings. The third-order valence-electron chi connectivity index (χ3n) is 3.71. The first-order valence-corrected chi connectivity index (χ1v) is 6.92. The second-order valence-electron chi connectivity index (χ2n) is 7.41. The third-order valence-corrected chi connectivity index (χ3v) is 3.71. The molecule has 0 atom stereocenters. The van der Waals surface area contributed by atoms with Gasteiger partial charge in [0.15, 0.2) is 0 Å². The third kappa shape index (κ3) is 2.60. The first-order chi connectivity index (χ1) is 8.60. The van der Waals surface area contributed by atoms with E-state index in [1.807, 2.05) is 0 Å². The van der Waals surface area contributed by atoms with E-state index in [1.54, 1.807) is 0 Å². The Hall–Kier alpha value is -1.50. The summed E-state index contributed by atoms with van der Waals surface area (Å²) in [5.41, 5.74) is 4.02. The number of nitrogens with zero attached hydrogens (tertiary/aromatic N) is 1. The molecule has 1 aromatic carbocycles. The van der Waals surface area contributed by atoms with Crippen LogP contribution in [0.2, 0.25) is 0 Å². The van der Waals surface area contributed by atoms with Gasteiger partial charge in [-0.05, 0) is 29.2 Å². The Balaban J connectivity index is 2.55. The number of rotatable bonds is 1. The Morgan fingerprint density at radius 2 is 1.63 bits per heavy atom. The van der Waals surface area contributed by atoms with Crippen LogP contribution in [0.25, 0.3) is 16.6 Å². The summed E-state index contributed by atoms with van der Waals surface area (Å²) in [6, 6.07) is 8.92. The summed E-state index contributed by atoms with van der Waals surface area (Å²) in [5, 5.41) is 1.29. The zero-order valence-corrected chi connectivity index (χ0v) is 13.0. The second-order valence-corrected chi connectivity index (χ2v) is 7.41. The van der Waals surface area contributed by atoms with Gasteiger partial charge in [0.05, 0.1) is 5.52 Å². The molecule has 0 spiro atoms. The van der Waals surface area contributed by atoms with Crippen LogP contribution < -0.4 is 0 Å². The zero-order valence-electron chi connectivity index (χ0n) is 13.0. The first-order valence-electron chi connectivity index (χ1n) is 6.92. The van der Waals surface area contributed by atoms with E-state index in [0.717, 1.165) is 5.70 Å². The van der Waals surface area contributed by atoms with E-state index in [4.69, 9.17) is 0 Å². The van der Waals surface area contributed by atoms with Gasteiger partial charge in [-0.2, -0.15) is 0 Å². The van der Waals surface area contributed by atoms with Gasteiger partial charge in [-0.15, -0.1) is 0 Å². The van der Waals surface area contributed by atoms with E-state index >= 15 is 0 Å². The minimum atomic E-state index is 0.0780. The summed E-state index contributed by atoms with van der Waals surface area (Å²) in [4.78, 5) is 0. The minimum absolute atomic E-state index is 0.0780. The molecule has 0 unspecified atom stereocenters. The molecule has 0 aliphatic rings. The van der Waals surface area contributed by atoms with Crippen molar-refractivity contribution in [2.75, 3.05) is 0 Å². The van der Waals surface area contributed by atoms with Crippen molar-refractivity contribution in [3.05, 3.63) is 42.6 Å². The Labute approximate surface area is 116 Å². The molecule has 1 heterocycles. The van der Waals surface area contributed by atoms with Gasteiger partial charge in [0.1, 0.15) is 0 Å². The zero-order chi connectivity index (χ0) is 14.4. The average molecular weight is 255 g/mol. The largest absolute Gasteiger partial charge is 0.320 e. The molecule has 1 heteroatoms. The van der Waals surface area contributed by atoms with Gasteiger partial charge in [-0.3, -0.25) is 0 Å². The number of hydrogen-bond acceptors (Lipinski definition) is 0. The lowest BCUT2D eigenvalue weighted by Crippen LogP contribution is -2.13. The summed E-state index contributed by atoms with van der Waals surface area (Å²) < 4.78 is 2.21. The molecule has 2 aromatic rings. The number of allylic oxidation sites excluding steroid dienone is 1. The minimum Gasteiger partial charge on any atom is -0.320 e. The molecule has 2 rings (SSSR count). The van der Waals surface area contributed by atoms with E-state index < -0.39 is 0 Å². The fourth-order valence-corrected chi connectivity index (χ4v) is 2.21. The van der Waals surface area contributed by atoms with E-state index in [0.29, 0.717) is 0 Å². The topological polar surface area (TPSA) is 4.93 Å². The van der Waals surface area contributed by atoms with Crippen LogP contribution in [0.4, 0.5) is 0 Å². The highest BCUT2D eigenvalue weighted by molar-refractivity contribution is 5.84. The van der Waals surface area contributed by atoms with Crippen molar-refractivity contribution >= 4 is 16.6 Å². The lowest BCUT2D eigenvalue weighted by Gasteiger charge is -2.24. The van der Waals surface area contributed by atoms with Crippen LogP contribution in [0.15, 0.2) is 37.0 Å². The van der Waals surface area contributed by atoms with Gasteiger partial charge in [0, 0.05) is 22.7 Å². The molecule has 0 amide bonds. The molecule has 102 valence electrons. The average Bonchev–Trinajstić information content (AvgIpc) is 2.67. The Kier molecular flexibility index (Phi) is 3.12. The van der Waals surface area contributed by atoms with Crippen LogP contribution in [0.3, 0.4) is 0 Å². The van der Waals surface area contributed by atoms with Crippen LogP contribution >= 0.6 is 0 Å². The molecule has 1 nitrogen and oxygen atoms in total. The van der Waals surface area contributed by atoms with Crippen molar-refractivity contribution in [2.45, 2.75) is 47.0 Å². The van der Waals surface area contributed by atoms with E-state index in [1.165, 1.54) is 16.5 Å². The van der Waals surface area contributed by atoms with Crippen molar-refractivity contribution in [3.8, 4) is 0 Å². The van der Waals surface area contributed by atoms with Crippen LogP contribution in [0, 0.1) is 5.41 Å². The highest BCUT2D eigenvalue weighted by atomic mass is 15.0. The molecule has 0 saturated carbocycles. The van der Waals surface area contributed by atoms with E-state index in [2.05, 4.69) is 83.2 Å². The predicted octanol–water partition coefficient (Wildman–Crippen LogP) is 5.46. The molecule has 0 saturated heterocycles. The molecule has 0 bridgehead atoms. The van der Waals surface area contributed by atoms with Crippen LogP contribution in [0.1, 0.15) is 47.1 Å². The molecule has 1 aromatic heterocycles. The van der Waals surface area contributed by atoms with Crippen molar-refractivity contribution in [1.29, 1.82) is 0 Å². The molecule has 0 radical (unpaired) electrons. The lowest BCUT2D eigenvalue weighted by atomic mass is 9.86. The SMILES string of the molecule is C=C(n1ccc2cc(C(C)(C)C)ccc21)C(C)(C)C. The van der Waals surface area contributed by atoms with Gasteiger partial charge in [-0.25, -0.2) is 0 Å². The number of fused-ring (bicyclic) bond motifs is 1. The molecule has 19 heavy (non-hydrogen) atoms. The first kappa shape index (κ1) is 13.9. The van der Waals surface area contributed by atoms with E-state index in [-0.39, 0.29) is 10.8 Å². The fraction of sp³-hybridized carbons (Fsp3) is 0.444. The Morgan fingerprint density at radius 3 is 2.16 bits per heavy atom. The van der Waals surface area contributed by atoms with Gasteiger partial charge in [0.2, 0.25) is 0 Å². The standard InChI is InChI=1S/C18H25N/c1-13(17(2,3)4)19-11-10-14-12-15(18(5,6)7)8-9-16(14)19/h8-12H,1H2,2-7H3. The lowest BCUT2D eigenvalue weighted by molar-refractivity contribution is 0.543.